The molecule has 5 nitrogen and oxygen atoms in total. The van der Waals surface area contributed by atoms with E-state index in [0.29, 0.717) is 19.0 Å². The molecule has 0 spiro atoms. The Bertz CT molecular complexity index is 409. The summed E-state index contributed by atoms with van der Waals surface area (Å²) in [5, 5.41) is 6.09. The molecule has 2 heterocycles. The number of rotatable bonds is 5. The van der Waals surface area contributed by atoms with Gasteiger partial charge < -0.3 is 15.4 Å². The Morgan fingerprint density at radius 2 is 2.47 bits per heavy atom. The van der Waals surface area contributed by atoms with E-state index in [1.165, 1.54) is 0 Å². The molecule has 6 heteroatoms. The SMILES string of the molecule is CCOc1ncccc1CNC(=O)C1CCCN1.Cl. The maximum absolute atomic E-state index is 11.9. The highest BCUT2D eigenvalue weighted by atomic mass is 35.5. The minimum atomic E-state index is -0.0442. The van der Waals surface area contributed by atoms with Gasteiger partial charge in [0.1, 0.15) is 0 Å². The van der Waals surface area contributed by atoms with Crippen molar-refractivity contribution in [1.29, 1.82) is 0 Å². The van der Waals surface area contributed by atoms with Gasteiger partial charge in [0, 0.05) is 18.3 Å². The van der Waals surface area contributed by atoms with Gasteiger partial charge in [-0.3, -0.25) is 4.79 Å². The van der Waals surface area contributed by atoms with Crippen LogP contribution in [0.2, 0.25) is 0 Å². The summed E-state index contributed by atoms with van der Waals surface area (Å²) < 4.78 is 5.42. The summed E-state index contributed by atoms with van der Waals surface area (Å²) in [6.45, 7) is 3.87. The molecule has 0 aliphatic carbocycles. The van der Waals surface area contributed by atoms with Crippen LogP contribution in [0.1, 0.15) is 25.3 Å². The lowest BCUT2D eigenvalue weighted by molar-refractivity contribution is -0.122. The lowest BCUT2D eigenvalue weighted by atomic mass is 10.2. The number of hydrogen-bond acceptors (Lipinski definition) is 4. The number of aromatic nitrogens is 1. The molecular weight excluding hydrogens is 266 g/mol. The van der Waals surface area contributed by atoms with E-state index >= 15 is 0 Å². The van der Waals surface area contributed by atoms with E-state index in [1.807, 2.05) is 19.1 Å². The number of hydrogen-bond donors (Lipinski definition) is 2. The molecule has 1 fully saturated rings. The van der Waals surface area contributed by atoms with Crippen LogP contribution in [0, 0.1) is 0 Å². The molecule has 1 aromatic rings. The lowest BCUT2D eigenvalue weighted by Crippen LogP contribution is -2.40. The summed E-state index contributed by atoms with van der Waals surface area (Å²) in [5.74, 6) is 0.651. The van der Waals surface area contributed by atoms with Gasteiger partial charge in [-0.25, -0.2) is 4.98 Å². The predicted octanol–water partition coefficient (Wildman–Crippen LogP) is 1.27. The van der Waals surface area contributed by atoms with Gasteiger partial charge in [0.05, 0.1) is 12.6 Å². The molecule has 1 aliphatic heterocycles. The number of carbonyl (C=O) groups is 1. The van der Waals surface area contributed by atoms with Crippen LogP contribution >= 0.6 is 12.4 Å². The largest absolute Gasteiger partial charge is 0.478 e. The van der Waals surface area contributed by atoms with Crippen molar-refractivity contribution in [1.82, 2.24) is 15.6 Å². The summed E-state index contributed by atoms with van der Waals surface area (Å²) in [5.41, 5.74) is 0.908. The van der Waals surface area contributed by atoms with Crippen LogP contribution in [0.4, 0.5) is 0 Å². The molecule has 1 amide bonds. The van der Waals surface area contributed by atoms with E-state index in [0.717, 1.165) is 24.9 Å². The van der Waals surface area contributed by atoms with Gasteiger partial charge >= 0.3 is 0 Å². The van der Waals surface area contributed by atoms with Gasteiger partial charge in [-0.1, -0.05) is 6.07 Å². The van der Waals surface area contributed by atoms with Crippen LogP contribution in [0.3, 0.4) is 0 Å². The van der Waals surface area contributed by atoms with Crippen LogP contribution in [0.5, 0.6) is 5.88 Å². The molecule has 19 heavy (non-hydrogen) atoms. The fourth-order valence-corrected chi connectivity index (χ4v) is 2.04. The monoisotopic (exact) mass is 285 g/mol. The van der Waals surface area contributed by atoms with E-state index in [2.05, 4.69) is 15.6 Å². The highest BCUT2D eigenvalue weighted by Gasteiger charge is 2.21. The van der Waals surface area contributed by atoms with E-state index in [-0.39, 0.29) is 24.4 Å². The molecule has 1 aliphatic rings. The molecule has 0 aromatic carbocycles. The summed E-state index contributed by atoms with van der Waals surface area (Å²) in [7, 11) is 0. The van der Waals surface area contributed by atoms with Crippen molar-refractivity contribution in [2.45, 2.75) is 32.4 Å². The van der Waals surface area contributed by atoms with E-state index < -0.39 is 0 Å². The molecule has 0 bridgehead atoms. The first-order chi connectivity index (χ1) is 8.81. The summed E-state index contributed by atoms with van der Waals surface area (Å²) in [6.07, 6.45) is 3.67. The summed E-state index contributed by atoms with van der Waals surface area (Å²) >= 11 is 0. The second-order valence-corrected chi connectivity index (χ2v) is 4.27. The first-order valence-corrected chi connectivity index (χ1v) is 6.39. The second kappa shape index (κ2) is 7.96. The number of nitrogens with zero attached hydrogens (tertiary/aromatic N) is 1. The summed E-state index contributed by atoms with van der Waals surface area (Å²) in [4.78, 5) is 16.0. The molecule has 0 saturated carbocycles. The minimum absolute atomic E-state index is 0. The third-order valence-corrected chi connectivity index (χ3v) is 2.96. The predicted molar refractivity (Wildman–Crippen MR) is 75.5 cm³/mol. The number of halogens is 1. The van der Waals surface area contributed by atoms with Crippen LogP contribution in [0.15, 0.2) is 18.3 Å². The van der Waals surface area contributed by atoms with Gasteiger partial charge in [-0.2, -0.15) is 0 Å². The molecule has 2 rings (SSSR count). The Morgan fingerprint density at radius 3 is 3.16 bits per heavy atom. The number of nitrogens with one attached hydrogen (secondary N) is 2. The van der Waals surface area contributed by atoms with Gasteiger partial charge in [0.15, 0.2) is 0 Å². The topological polar surface area (TPSA) is 63.2 Å². The maximum atomic E-state index is 11.9. The number of pyridine rings is 1. The van der Waals surface area contributed by atoms with E-state index in [1.54, 1.807) is 6.20 Å². The third-order valence-electron chi connectivity index (χ3n) is 2.96. The molecule has 1 aromatic heterocycles. The minimum Gasteiger partial charge on any atom is -0.478 e. The second-order valence-electron chi connectivity index (χ2n) is 4.27. The Balaban J connectivity index is 0.00000180. The van der Waals surface area contributed by atoms with Crippen molar-refractivity contribution in [3.63, 3.8) is 0 Å². The molecule has 1 atom stereocenters. The molecule has 0 radical (unpaired) electrons. The van der Waals surface area contributed by atoms with Crippen LogP contribution in [0.25, 0.3) is 0 Å². The van der Waals surface area contributed by atoms with Crippen LogP contribution in [-0.2, 0) is 11.3 Å². The zero-order chi connectivity index (χ0) is 12.8. The van der Waals surface area contributed by atoms with Crippen molar-refractivity contribution in [3.8, 4) is 5.88 Å². The quantitative estimate of drug-likeness (QED) is 0.855. The zero-order valence-electron chi connectivity index (χ0n) is 11.0. The van der Waals surface area contributed by atoms with E-state index in [9.17, 15) is 4.79 Å². The fourth-order valence-electron chi connectivity index (χ4n) is 2.04. The van der Waals surface area contributed by atoms with Crippen molar-refractivity contribution in [2.75, 3.05) is 13.2 Å². The number of carbonyl (C=O) groups excluding carboxylic acids is 1. The van der Waals surface area contributed by atoms with Gasteiger partial charge in [-0.15, -0.1) is 12.4 Å². The van der Waals surface area contributed by atoms with Crippen molar-refractivity contribution in [2.24, 2.45) is 0 Å². The zero-order valence-corrected chi connectivity index (χ0v) is 11.8. The first kappa shape index (κ1) is 15.7. The maximum Gasteiger partial charge on any atom is 0.237 e. The van der Waals surface area contributed by atoms with Gasteiger partial charge in [0.2, 0.25) is 11.8 Å². The fraction of sp³-hybridized carbons (Fsp3) is 0.538. The average Bonchev–Trinajstić information content (AvgIpc) is 2.92. The Kier molecular flexibility index (Phi) is 6.59. The molecule has 1 saturated heterocycles. The standard InChI is InChI=1S/C13H19N3O2.ClH/c1-2-18-13-10(5-3-8-15-13)9-16-12(17)11-6-4-7-14-11;/h3,5,8,11,14H,2,4,6-7,9H2,1H3,(H,16,17);1H. The Hall–Kier alpha value is -1.33. The normalized spacial score (nSPS) is 17.6. The van der Waals surface area contributed by atoms with E-state index in [4.69, 9.17) is 4.74 Å². The van der Waals surface area contributed by atoms with Crippen LogP contribution in [-0.4, -0.2) is 30.1 Å². The number of amides is 1. The van der Waals surface area contributed by atoms with Crippen molar-refractivity contribution >= 4 is 18.3 Å². The third kappa shape index (κ3) is 4.36. The molecule has 106 valence electrons. The van der Waals surface area contributed by atoms with Gasteiger partial charge in [0.25, 0.3) is 0 Å². The Labute approximate surface area is 119 Å². The molecular formula is C13H20ClN3O2. The molecule has 2 N–H and O–H groups in total. The average molecular weight is 286 g/mol. The summed E-state index contributed by atoms with van der Waals surface area (Å²) in [6, 6.07) is 3.72. The lowest BCUT2D eigenvalue weighted by Gasteiger charge is -2.12. The highest BCUT2D eigenvalue weighted by Crippen LogP contribution is 2.14. The highest BCUT2D eigenvalue weighted by molar-refractivity contribution is 5.85. The van der Waals surface area contributed by atoms with Gasteiger partial charge in [-0.05, 0) is 32.4 Å². The smallest absolute Gasteiger partial charge is 0.237 e. The number of ether oxygens (including phenoxy) is 1. The first-order valence-electron chi connectivity index (χ1n) is 6.39. The van der Waals surface area contributed by atoms with Crippen LogP contribution < -0.4 is 15.4 Å². The Morgan fingerprint density at radius 1 is 1.63 bits per heavy atom. The van der Waals surface area contributed by atoms with Crippen molar-refractivity contribution < 1.29 is 9.53 Å². The van der Waals surface area contributed by atoms with Crippen molar-refractivity contribution in [3.05, 3.63) is 23.9 Å². The molecule has 1 unspecified atom stereocenters.